The lowest BCUT2D eigenvalue weighted by Gasteiger charge is -2.05. The zero-order valence-electron chi connectivity index (χ0n) is 10.4. The molecule has 0 aliphatic rings. The first-order valence-corrected chi connectivity index (χ1v) is 6.84. The molecule has 0 amide bonds. The second-order valence-electron chi connectivity index (χ2n) is 3.98. The Morgan fingerprint density at radius 1 is 1.47 bits per heavy atom. The lowest BCUT2D eigenvalue weighted by molar-refractivity contribution is 0.624. The molecule has 1 aromatic carbocycles. The molecule has 19 heavy (non-hydrogen) atoms. The fraction of sp³-hybridized carbons (Fsp3) is 0.231. The first kappa shape index (κ1) is 13.6. The summed E-state index contributed by atoms with van der Waals surface area (Å²) in [5, 5.41) is 0. The summed E-state index contributed by atoms with van der Waals surface area (Å²) in [6.07, 6.45) is 0.547. The maximum Gasteiger partial charge on any atom is 0.256 e. The number of aromatic amines is 1. The Morgan fingerprint density at radius 2 is 2.26 bits per heavy atom. The topological polar surface area (TPSA) is 71.8 Å². The summed E-state index contributed by atoms with van der Waals surface area (Å²) in [7, 11) is 0. The van der Waals surface area contributed by atoms with Gasteiger partial charge in [0.1, 0.15) is 17.5 Å². The van der Waals surface area contributed by atoms with Crippen LogP contribution in [-0.2, 0) is 12.2 Å². The van der Waals surface area contributed by atoms with Crippen molar-refractivity contribution < 1.29 is 4.39 Å². The number of rotatable bonds is 4. The van der Waals surface area contributed by atoms with Crippen LogP contribution in [-0.4, -0.2) is 9.97 Å². The van der Waals surface area contributed by atoms with E-state index in [9.17, 15) is 9.18 Å². The van der Waals surface area contributed by atoms with Crippen LogP contribution in [0.3, 0.4) is 0 Å². The fourth-order valence-electron chi connectivity index (χ4n) is 1.68. The van der Waals surface area contributed by atoms with Crippen LogP contribution in [0.25, 0.3) is 0 Å². The standard InChI is InChI=1S/C13H14FN3OS/c1-2-10-12(15)16-11(17-13(10)18)7-19-9-5-3-4-8(14)6-9/h3-6H,2,7H2,1H3,(H3,15,16,17,18). The third kappa shape index (κ3) is 3.35. The van der Waals surface area contributed by atoms with Crippen molar-refractivity contribution in [2.45, 2.75) is 24.0 Å². The second kappa shape index (κ2) is 5.88. The predicted molar refractivity (Wildman–Crippen MR) is 74.6 cm³/mol. The molecule has 0 atom stereocenters. The Balaban J connectivity index is 2.14. The molecule has 100 valence electrons. The average molecular weight is 279 g/mol. The van der Waals surface area contributed by atoms with Crippen LogP contribution in [0.15, 0.2) is 34.0 Å². The molecule has 0 saturated carbocycles. The van der Waals surface area contributed by atoms with Gasteiger partial charge in [0.2, 0.25) is 0 Å². The maximum absolute atomic E-state index is 13.0. The van der Waals surface area contributed by atoms with Gasteiger partial charge in [-0.25, -0.2) is 9.37 Å². The molecule has 1 heterocycles. The fourth-order valence-corrected chi connectivity index (χ4v) is 2.49. The van der Waals surface area contributed by atoms with Gasteiger partial charge in [-0.2, -0.15) is 0 Å². The van der Waals surface area contributed by atoms with Gasteiger partial charge < -0.3 is 10.7 Å². The van der Waals surface area contributed by atoms with E-state index in [0.29, 0.717) is 23.6 Å². The van der Waals surface area contributed by atoms with Crippen molar-refractivity contribution in [2.75, 3.05) is 5.73 Å². The highest BCUT2D eigenvalue weighted by Gasteiger charge is 2.07. The molecule has 3 N–H and O–H groups in total. The second-order valence-corrected chi connectivity index (χ2v) is 5.02. The first-order valence-electron chi connectivity index (χ1n) is 5.86. The Morgan fingerprint density at radius 3 is 2.89 bits per heavy atom. The van der Waals surface area contributed by atoms with Crippen LogP contribution in [0.1, 0.15) is 18.3 Å². The number of thioether (sulfide) groups is 1. The van der Waals surface area contributed by atoms with Crippen molar-refractivity contribution in [3.8, 4) is 0 Å². The molecule has 0 spiro atoms. The number of nitrogen functional groups attached to an aromatic ring is 1. The van der Waals surface area contributed by atoms with Gasteiger partial charge in [-0.3, -0.25) is 4.79 Å². The number of nitrogens with zero attached hydrogens (tertiary/aromatic N) is 1. The van der Waals surface area contributed by atoms with Crippen molar-refractivity contribution >= 4 is 17.6 Å². The SMILES string of the molecule is CCc1c(N)nc(CSc2cccc(F)c2)[nH]c1=O. The van der Waals surface area contributed by atoms with Gasteiger partial charge in [-0.05, 0) is 24.6 Å². The summed E-state index contributed by atoms with van der Waals surface area (Å²) >= 11 is 1.39. The smallest absolute Gasteiger partial charge is 0.256 e. The molecule has 0 radical (unpaired) electrons. The van der Waals surface area contributed by atoms with E-state index in [2.05, 4.69) is 9.97 Å². The number of hydrogen-bond acceptors (Lipinski definition) is 4. The van der Waals surface area contributed by atoms with Crippen molar-refractivity contribution in [1.82, 2.24) is 9.97 Å². The number of nitrogens with one attached hydrogen (secondary N) is 1. The van der Waals surface area contributed by atoms with E-state index in [4.69, 9.17) is 5.73 Å². The normalized spacial score (nSPS) is 10.6. The number of halogens is 1. The molecule has 0 bridgehead atoms. The Bertz CT molecular complexity index is 642. The molecule has 0 unspecified atom stereocenters. The van der Waals surface area contributed by atoms with Gasteiger partial charge in [0.15, 0.2) is 0 Å². The minimum atomic E-state index is -0.285. The van der Waals surface area contributed by atoms with Crippen molar-refractivity contribution in [2.24, 2.45) is 0 Å². The average Bonchev–Trinajstić information content (AvgIpc) is 2.36. The number of anilines is 1. The van der Waals surface area contributed by atoms with Gasteiger partial charge in [0, 0.05) is 4.90 Å². The lowest BCUT2D eigenvalue weighted by atomic mass is 10.2. The van der Waals surface area contributed by atoms with Crippen LogP contribution >= 0.6 is 11.8 Å². The number of nitrogens with two attached hydrogens (primary N) is 1. The first-order chi connectivity index (χ1) is 9.10. The quantitative estimate of drug-likeness (QED) is 0.843. The molecular weight excluding hydrogens is 265 g/mol. The number of H-pyrrole nitrogens is 1. The minimum absolute atomic E-state index is 0.204. The molecule has 2 aromatic rings. The van der Waals surface area contributed by atoms with Crippen molar-refractivity contribution in [3.63, 3.8) is 0 Å². The van der Waals surface area contributed by atoms with Crippen LogP contribution in [0.2, 0.25) is 0 Å². The number of aromatic nitrogens is 2. The van der Waals surface area contributed by atoms with E-state index in [-0.39, 0.29) is 17.2 Å². The summed E-state index contributed by atoms with van der Waals surface area (Å²) in [6, 6.07) is 6.27. The summed E-state index contributed by atoms with van der Waals surface area (Å²) in [5.74, 6) is 0.912. The minimum Gasteiger partial charge on any atom is -0.383 e. The van der Waals surface area contributed by atoms with Gasteiger partial charge >= 0.3 is 0 Å². The summed E-state index contributed by atoms with van der Waals surface area (Å²) < 4.78 is 13.0. The Labute approximate surface area is 114 Å². The third-order valence-corrected chi connectivity index (χ3v) is 3.63. The molecule has 0 aliphatic carbocycles. The molecule has 0 saturated heterocycles. The van der Waals surface area contributed by atoms with Gasteiger partial charge in [0.25, 0.3) is 5.56 Å². The molecule has 2 rings (SSSR count). The zero-order valence-corrected chi connectivity index (χ0v) is 11.3. The summed E-state index contributed by atoms with van der Waals surface area (Å²) in [5.41, 5.74) is 6.02. The van der Waals surface area contributed by atoms with Crippen LogP contribution in [0.5, 0.6) is 0 Å². The van der Waals surface area contributed by atoms with Gasteiger partial charge in [-0.15, -0.1) is 11.8 Å². The molecule has 1 aromatic heterocycles. The van der Waals surface area contributed by atoms with E-state index < -0.39 is 0 Å². The van der Waals surface area contributed by atoms with E-state index in [1.54, 1.807) is 12.1 Å². The monoisotopic (exact) mass is 279 g/mol. The maximum atomic E-state index is 13.0. The molecule has 0 fully saturated rings. The molecule has 6 heteroatoms. The highest BCUT2D eigenvalue weighted by atomic mass is 32.2. The summed E-state index contributed by atoms with van der Waals surface area (Å²) in [4.78, 5) is 19.3. The van der Waals surface area contributed by atoms with E-state index in [1.807, 2.05) is 6.92 Å². The van der Waals surface area contributed by atoms with Crippen molar-refractivity contribution in [1.29, 1.82) is 0 Å². The highest BCUT2D eigenvalue weighted by Crippen LogP contribution is 2.21. The largest absolute Gasteiger partial charge is 0.383 e. The van der Waals surface area contributed by atoms with E-state index in [0.717, 1.165) is 4.90 Å². The predicted octanol–water partition coefficient (Wildman–Crippen LogP) is 2.35. The molecule has 0 aliphatic heterocycles. The lowest BCUT2D eigenvalue weighted by Crippen LogP contribution is -2.18. The van der Waals surface area contributed by atoms with E-state index in [1.165, 1.54) is 23.9 Å². The number of benzene rings is 1. The van der Waals surface area contributed by atoms with Crippen LogP contribution < -0.4 is 11.3 Å². The molecular formula is C13H14FN3OS. The summed E-state index contributed by atoms with van der Waals surface area (Å²) in [6.45, 7) is 1.85. The zero-order chi connectivity index (χ0) is 13.8. The van der Waals surface area contributed by atoms with E-state index >= 15 is 0 Å². The highest BCUT2D eigenvalue weighted by molar-refractivity contribution is 7.98. The van der Waals surface area contributed by atoms with Crippen LogP contribution in [0, 0.1) is 5.82 Å². The Hall–Kier alpha value is -1.82. The van der Waals surface area contributed by atoms with Crippen LogP contribution in [0.4, 0.5) is 10.2 Å². The van der Waals surface area contributed by atoms with Crippen molar-refractivity contribution in [3.05, 3.63) is 51.8 Å². The van der Waals surface area contributed by atoms with Gasteiger partial charge in [0.05, 0.1) is 11.3 Å². The number of hydrogen-bond donors (Lipinski definition) is 2. The molecule has 4 nitrogen and oxygen atoms in total. The third-order valence-electron chi connectivity index (χ3n) is 2.62. The Kier molecular flexibility index (Phi) is 4.21. The van der Waals surface area contributed by atoms with Gasteiger partial charge in [-0.1, -0.05) is 13.0 Å².